The average molecular weight is 373 g/mol. The number of nitrogens with one attached hydrogen (secondary N) is 1. The number of aromatic nitrogens is 2. The number of ether oxygens (including phenoxy) is 2. The third kappa shape index (κ3) is 3.40. The molecule has 6 heteroatoms. The maximum atomic E-state index is 12.7. The van der Waals surface area contributed by atoms with Crippen molar-refractivity contribution >= 4 is 17.2 Å². The molecular formula is C22H19N3O3. The zero-order valence-corrected chi connectivity index (χ0v) is 15.5. The monoisotopic (exact) mass is 373 g/mol. The van der Waals surface area contributed by atoms with Gasteiger partial charge in [-0.05, 0) is 24.3 Å². The van der Waals surface area contributed by atoms with Crippen molar-refractivity contribution in [3.63, 3.8) is 0 Å². The number of fused-ring (bicyclic) bond motifs is 1. The smallest absolute Gasteiger partial charge is 0.257 e. The summed E-state index contributed by atoms with van der Waals surface area (Å²) in [6.45, 7) is 0. The summed E-state index contributed by atoms with van der Waals surface area (Å²) < 4.78 is 12.4. The number of carbonyl (C=O) groups is 1. The Kier molecular flexibility index (Phi) is 4.68. The van der Waals surface area contributed by atoms with Crippen molar-refractivity contribution in [3.8, 4) is 22.8 Å². The minimum absolute atomic E-state index is 0.236. The Bertz CT molecular complexity index is 1140. The van der Waals surface area contributed by atoms with Gasteiger partial charge in [-0.3, -0.25) is 4.79 Å². The molecule has 0 aliphatic rings. The van der Waals surface area contributed by atoms with Crippen LogP contribution in [0, 0.1) is 0 Å². The highest BCUT2D eigenvalue weighted by molar-refractivity contribution is 6.05. The van der Waals surface area contributed by atoms with Crippen LogP contribution in [0.15, 0.2) is 73.1 Å². The van der Waals surface area contributed by atoms with Crippen molar-refractivity contribution in [2.24, 2.45) is 0 Å². The fourth-order valence-electron chi connectivity index (χ4n) is 2.97. The highest BCUT2D eigenvalue weighted by atomic mass is 16.5. The van der Waals surface area contributed by atoms with Gasteiger partial charge < -0.3 is 19.2 Å². The molecular weight excluding hydrogens is 354 g/mol. The van der Waals surface area contributed by atoms with Crippen LogP contribution in [0.4, 0.5) is 5.69 Å². The summed E-state index contributed by atoms with van der Waals surface area (Å²) in [4.78, 5) is 17.3. The van der Waals surface area contributed by atoms with Crippen LogP contribution < -0.4 is 14.8 Å². The number of hydrogen-bond donors (Lipinski definition) is 1. The van der Waals surface area contributed by atoms with Gasteiger partial charge >= 0.3 is 0 Å². The molecule has 1 amide bonds. The molecule has 2 heterocycles. The molecule has 0 bridgehead atoms. The van der Waals surface area contributed by atoms with Gasteiger partial charge in [0.25, 0.3) is 5.91 Å². The zero-order valence-electron chi connectivity index (χ0n) is 15.5. The van der Waals surface area contributed by atoms with E-state index in [2.05, 4.69) is 10.3 Å². The number of benzene rings is 2. The quantitative estimate of drug-likeness (QED) is 0.567. The Morgan fingerprint density at radius 1 is 0.964 bits per heavy atom. The van der Waals surface area contributed by atoms with Gasteiger partial charge in [0.1, 0.15) is 17.1 Å². The summed E-state index contributed by atoms with van der Waals surface area (Å²) >= 11 is 0. The molecule has 0 aliphatic heterocycles. The van der Waals surface area contributed by atoms with Crippen LogP contribution in [-0.4, -0.2) is 29.5 Å². The number of carbonyl (C=O) groups excluding carboxylic acids is 1. The summed E-state index contributed by atoms with van der Waals surface area (Å²) in [5, 5.41) is 2.88. The summed E-state index contributed by atoms with van der Waals surface area (Å²) in [5.41, 5.74) is 3.75. The van der Waals surface area contributed by atoms with E-state index in [9.17, 15) is 4.79 Å². The van der Waals surface area contributed by atoms with Gasteiger partial charge in [-0.15, -0.1) is 0 Å². The molecule has 2 aromatic carbocycles. The molecule has 140 valence electrons. The van der Waals surface area contributed by atoms with Gasteiger partial charge in [0, 0.05) is 24.0 Å². The predicted octanol–water partition coefficient (Wildman–Crippen LogP) is 4.27. The normalized spacial score (nSPS) is 10.6. The van der Waals surface area contributed by atoms with E-state index in [0.29, 0.717) is 22.7 Å². The fraction of sp³-hybridized carbons (Fsp3) is 0.0909. The number of methoxy groups -OCH3 is 2. The predicted molar refractivity (Wildman–Crippen MR) is 108 cm³/mol. The molecule has 4 aromatic rings. The molecule has 0 saturated carbocycles. The van der Waals surface area contributed by atoms with Crippen LogP contribution in [-0.2, 0) is 0 Å². The van der Waals surface area contributed by atoms with Crippen molar-refractivity contribution in [1.29, 1.82) is 0 Å². The molecule has 1 N–H and O–H groups in total. The molecule has 28 heavy (non-hydrogen) atoms. The third-order valence-corrected chi connectivity index (χ3v) is 4.44. The molecule has 0 fully saturated rings. The Morgan fingerprint density at radius 2 is 1.79 bits per heavy atom. The minimum Gasteiger partial charge on any atom is -0.497 e. The Labute approximate surface area is 162 Å². The molecule has 6 nitrogen and oxygen atoms in total. The summed E-state index contributed by atoms with van der Waals surface area (Å²) in [6, 6.07) is 18.7. The first-order valence-corrected chi connectivity index (χ1v) is 8.75. The highest BCUT2D eigenvalue weighted by Gasteiger charge is 2.12. The van der Waals surface area contributed by atoms with Crippen molar-refractivity contribution in [2.75, 3.05) is 19.5 Å². The molecule has 0 unspecified atom stereocenters. The van der Waals surface area contributed by atoms with E-state index in [1.807, 2.05) is 47.0 Å². The lowest BCUT2D eigenvalue weighted by molar-refractivity contribution is 0.102. The van der Waals surface area contributed by atoms with Crippen LogP contribution in [0.1, 0.15) is 10.4 Å². The maximum absolute atomic E-state index is 12.7. The SMILES string of the molecule is COc1ccc(NC(=O)c2ccc3nc(-c4ccccc4)cn3c2)c(OC)c1. The van der Waals surface area contributed by atoms with E-state index in [1.165, 1.54) is 0 Å². The standard InChI is InChI=1S/C22H19N3O3/c1-27-17-9-10-18(20(12-17)28-2)24-22(26)16-8-11-21-23-19(14-25(21)13-16)15-6-4-3-5-7-15/h3-14H,1-2H3,(H,24,26). The summed E-state index contributed by atoms with van der Waals surface area (Å²) in [5.74, 6) is 0.950. The van der Waals surface area contributed by atoms with Crippen molar-refractivity contribution in [3.05, 3.63) is 78.6 Å². The van der Waals surface area contributed by atoms with Crippen LogP contribution in [0.25, 0.3) is 16.9 Å². The van der Waals surface area contributed by atoms with E-state index in [1.54, 1.807) is 44.7 Å². The first kappa shape index (κ1) is 17.6. The van der Waals surface area contributed by atoms with Crippen LogP contribution >= 0.6 is 0 Å². The van der Waals surface area contributed by atoms with Gasteiger partial charge in [-0.25, -0.2) is 4.98 Å². The second-order valence-electron chi connectivity index (χ2n) is 6.20. The number of amides is 1. The van der Waals surface area contributed by atoms with Crippen molar-refractivity contribution < 1.29 is 14.3 Å². The van der Waals surface area contributed by atoms with Crippen molar-refractivity contribution in [2.45, 2.75) is 0 Å². The number of pyridine rings is 1. The molecule has 0 aliphatic carbocycles. The lowest BCUT2D eigenvalue weighted by Gasteiger charge is -2.11. The second-order valence-corrected chi connectivity index (χ2v) is 6.20. The van der Waals surface area contributed by atoms with Crippen LogP contribution in [0.2, 0.25) is 0 Å². The number of nitrogens with zero attached hydrogens (tertiary/aromatic N) is 2. The van der Waals surface area contributed by atoms with Gasteiger partial charge in [-0.2, -0.15) is 0 Å². The average Bonchev–Trinajstić information content (AvgIpc) is 3.18. The van der Waals surface area contributed by atoms with Crippen molar-refractivity contribution in [1.82, 2.24) is 9.38 Å². The Morgan fingerprint density at radius 3 is 2.54 bits per heavy atom. The molecule has 4 rings (SSSR count). The molecule has 2 aromatic heterocycles. The van der Waals surface area contributed by atoms with Gasteiger partial charge in [0.15, 0.2) is 0 Å². The maximum Gasteiger partial charge on any atom is 0.257 e. The number of rotatable bonds is 5. The lowest BCUT2D eigenvalue weighted by atomic mass is 10.2. The first-order valence-electron chi connectivity index (χ1n) is 8.75. The second kappa shape index (κ2) is 7.44. The van der Waals surface area contributed by atoms with Crippen LogP contribution in [0.5, 0.6) is 11.5 Å². The summed E-state index contributed by atoms with van der Waals surface area (Å²) in [6.07, 6.45) is 3.68. The van der Waals surface area contributed by atoms with Gasteiger partial charge in [-0.1, -0.05) is 30.3 Å². The van der Waals surface area contributed by atoms with E-state index in [-0.39, 0.29) is 5.91 Å². The number of hydrogen-bond acceptors (Lipinski definition) is 4. The van der Waals surface area contributed by atoms with E-state index in [4.69, 9.17) is 9.47 Å². The molecule has 0 spiro atoms. The minimum atomic E-state index is -0.236. The zero-order chi connectivity index (χ0) is 19.5. The highest BCUT2D eigenvalue weighted by Crippen LogP contribution is 2.29. The van der Waals surface area contributed by atoms with Crippen LogP contribution in [0.3, 0.4) is 0 Å². The Balaban J connectivity index is 1.61. The molecule has 0 radical (unpaired) electrons. The molecule has 0 saturated heterocycles. The van der Waals surface area contributed by atoms with Gasteiger partial charge in [0.2, 0.25) is 0 Å². The first-order chi connectivity index (χ1) is 13.7. The van der Waals surface area contributed by atoms with E-state index < -0.39 is 0 Å². The molecule has 0 atom stereocenters. The van der Waals surface area contributed by atoms with E-state index >= 15 is 0 Å². The summed E-state index contributed by atoms with van der Waals surface area (Å²) in [7, 11) is 3.13. The number of anilines is 1. The fourth-order valence-corrected chi connectivity index (χ4v) is 2.97. The van der Waals surface area contributed by atoms with Gasteiger partial charge in [0.05, 0.1) is 31.2 Å². The topological polar surface area (TPSA) is 64.9 Å². The number of imidazole rings is 1. The largest absolute Gasteiger partial charge is 0.497 e. The lowest BCUT2D eigenvalue weighted by Crippen LogP contribution is -2.13. The van der Waals surface area contributed by atoms with E-state index in [0.717, 1.165) is 16.9 Å². The third-order valence-electron chi connectivity index (χ3n) is 4.44. The Hall–Kier alpha value is -3.80.